The van der Waals surface area contributed by atoms with Gasteiger partial charge in [-0.3, -0.25) is 0 Å². The molecule has 1 saturated carbocycles. The van der Waals surface area contributed by atoms with Crippen LogP contribution in [0.25, 0.3) is 0 Å². The molecule has 13 heavy (non-hydrogen) atoms. The first-order valence-corrected chi connectivity index (χ1v) is 5.59. The van der Waals surface area contributed by atoms with Gasteiger partial charge in [0.25, 0.3) is 0 Å². The van der Waals surface area contributed by atoms with Crippen LogP contribution in [0.4, 0.5) is 0 Å². The van der Waals surface area contributed by atoms with Crippen LogP contribution in [-0.4, -0.2) is 0 Å². The Bertz CT molecular complexity index is 170. The lowest BCUT2D eigenvalue weighted by atomic mass is 9.77. The minimum atomic E-state index is 0.741. The highest BCUT2D eigenvalue weighted by Gasteiger charge is 2.20. The van der Waals surface area contributed by atoms with E-state index in [1.54, 1.807) is 0 Å². The maximum Gasteiger partial charge on any atom is -0.0168 e. The van der Waals surface area contributed by atoms with Crippen molar-refractivity contribution in [1.29, 1.82) is 0 Å². The molecule has 0 radical (unpaired) electrons. The zero-order valence-electron chi connectivity index (χ0n) is 8.89. The van der Waals surface area contributed by atoms with Gasteiger partial charge >= 0.3 is 0 Å². The van der Waals surface area contributed by atoms with Gasteiger partial charge in [0.1, 0.15) is 0 Å². The van der Waals surface area contributed by atoms with Crippen molar-refractivity contribution in [3.8, 4) is 0 Å². The van der Waals surface area contributed by atoms with E-state index in [1.165, 1.54) is 44.1 Å². The Balaban J connectivity index is 2.30. The average Bonchev–Trinajstić information content (AvgIpc) is 2.18. The van der Waals surface area contributed by atoms with Crippen molar-refractivity contribution < 1.29 is 0 Å². The Labute approximate surface area is 82.7 Å². The molecule has 0 aliphatic heterocycles. The third kappa shape index (κ3) is 3.02. The number of hydrogen-bond acceptors (Lipinski definition) is 0. The molecule has 0 N–H and O–H groups in total. The first-order chi connectivity index (χ1) is 6.27. The Morgan fingerprint density at radius 1 is 1.31 bits per heavy atom. The van der Waals surface area contributed by atoms with Crippen molar-refractivity contribution in [2.45, 2.75) is 45.4 Å². The van der Waals surface area contributed by atoms with Crippen LogP contribution in [0, 0.1) is 11.8 Å². The van der Waals surface area contributed by atoms with Crippen molar-refractivity contribution in [3.63, 3.8) is 0 Å². The van der Waals surface area contributed by atoms with Crippen LogP contribution >= 0.6 is 0 Å². The molecule has 74 valence electrons. The zero-order chi connectivity index (χ0) is 9.68. The van der Waals surface area contributed by atoms with Gasteiger partial charge in [-0.05, 0) is 37.5 Å². The Morgan fingerprint density at radius 3 is 2.38 bits per heavy atom. The second-order valence-electron chi connectivity index (χ2n) is 4.29. The topological polar surface area (TPSA) is 0 Å². The van der Waals surface area contributed by atoms with Crippen LogP contribution < -0.4 is 0 Å². The molecule has 0 aromatic rings. The molecule has 0 heteroatoms. The fourth-order valence-corrected chi connectivity index (χ4v) is 2.40. The third-order valence-corrected chi connectivity index (χ3v) is 3.33. The summed E-state index contributed by atoms with van der Waals surface area (Å²) in [7, 11) is 0. The van der Waals surface area contributed by atoms with Gasteiger partial charge in [0, 0.05) is 0 Å². The molecular weight excluding hydrogens is 156 g/mol. The average molecular weight is 178 g/mol. The Hall–Kier alpha value is -0.520. The molecule has 0 unspecified atom stereocenters. The lowest BCUT2D eigenvalue weighted by Gasteiger charge is -2.28. The Kier molecular flexibility index (Phi) is 4.27. The third-order valence-electron chi connectivity index (χ3n) is 3.33. The number of rotatable bonds is 4. The van der Waals surface area contributed by atoms with E-state index in [-0.39, 0.29) is 0 Å². The summed E-state index contributed by atoms with van der Waals surface area (Å²) in [6.07, 6.45) is 10.2. The van der Waals surface area contributed by atoms with Crippen molar-refractivity contribution in [1.82, 2.24) is 0 Å². The normalized spacial score (nSPS) is 28.4. The highest BCUT2D eigenvalue weighted by molar-refractivity contribution is 5.15. The standard InChI is InChI=1S/C13H22/c1-4-6-12-7-9-13(10-8-12)11(3)5-2/h5,12-13H,2-4,6-10H2,1H3/t12-,13-. The molecule has 1 rings (SSSR count). The van der Waals surface area contributed by atoms with Gasteiger partial charge in [-0.1, -0.05) is 44.6 Å². The second-order valence-corrected chi connectivity index (χ2v) is 4.29. The van der Waals surface area contributed by atoms with Gasteiger partial charge in [-0.25, -0.2) is 0 Å². The molecule has 0 aromatic heterocycles. The molecule has 0 heterocycles. The van der Waals surface area contributed by atoms with Crippen molar-refractivity contribution in [2.24, 2.45) is 11.8 Å². The molecule has 0 bridgehead atoms. The van der Waals surface area contributed by atoms with E-state index in [0.29, 0.717) is 0 Å². The van der Waals surface area contributed by atoms with Gasteiger partial charge in [0.05, 0.1) is 0 Å². The van der Waals surface area contributed by atoms with Crippen LogP contribution in [-0.2, 0) is 0 Å². The van der Waals surface area contributed by atoms with Crippen LogP contribution in [0.2, 0.25) is 0 Å². The highest BCUT2D eigenvalue weighted by Crippen LogP contribution is 2.34. The predicted molar refractivity (Wildman–Crippen MR) is 59.7 cm³/mol. The second kappa shape index (κ2) is 5.26. The van der Waals surface area contributed by atoms with Gasteiger partial charge in [-0.15, -0.1) is 0 Å². The molecule has 1 aliphatic carbocycles. The van der Waals surface area contributed by atoms with E-state index in [9.17, 15) is 0 Å². The fraction of sp³-hybridized carbons (Fsp3) is 0.692. The van der Waals surface area contributed by atoms with E-state index in [2.05, 4.69) is 20.1 Å². The lowest BCUT2D eigenvalue weighted by Crippen LogP contribution is -2.15. The van der Waals surface area contributed by atoms with Crippen molar-refractivity contribution in [2.75, 3.05) is 0 Å². The smallest absolute Gasteiger partial charge is 0.0168 e. The zero-order valence-corrected chi connectivity index (χ0v) is 8.89. The maximum atomic E-state index is 4.05. The monoisotopic (exact) mass is 178 g/mol. The summed E-state index contributed by atoms with van der Waals surface area (Å²) in [6, 6.07) is 0. The molecule has 0 saturated heterocycles. The van der Waals surface area contributed by atoms with Crippen LogP contribution in [0.5, 0.6) is 0 Å². The summed E-state index contributed by atoms with van der Waals surface area (Å²) in [4.78, 5) is 0. The van der Waals surface area contributed by atoms with Crippen LogP contribution in [0.15, 0.2) is 24.8 Å². The first-order valence-electron chi connectivity index (χ1n) is 5.59. The van der Waals surface area contributed by atoms with Crippen molar-refractivity contribution >= 4 is 0 Å². The summed E-state index contributed by atoms with van der Waals surface area (Å²) in [6.45, 7) is 10.1. The molecular formula is C13H22. The number of hydrogen-bond donors (Lipinski definition) is 0. The maximum absolute atomic E-state index is 4.05. The summed E-state index contributed by atoms with van der Waals surface area (Å²) in [5.41, 5.74) is 1.26. The SMILES string of the molecule is C=CC(=C)[C@H]1CC[C@H](CCC)CC1. The quantitative estimate of drug-likeness (QED) is 0.562. The van der Waals surface area contributed by atoms with Gasteiger partial charge < -0.3 is 0 Å². The fourth-order valence-electron chi connectivity index (χ4n) is 2.40. The molecule has 1 fully saturated rings. The highest BCUT2D eigenvalue weighted by atomic mass is 14.3. The molecule has 0 atom stereocenters. The van der Waals surface area contributed by atoms with Crippen molar-refractivity contribution in [3.05, 3.63) is 24.8 Å². The first kappa shape index (κ1) is 10.6. The van der Waals surface area contributed by atoms with Crippen LogP contribution in [0.3, 0.4) is 0 Å². The van der Waals surface area contributed by atoms with E-state index < -0.39 is 0 Å². The summed E-state index contributed by atoms with van der Waals surface area (Å²) < 4.78 is 0. The van der Waals surface area contributed by atoms with E-state index in [1.807, 2.05) is 6.08 Å². The largest absolute Gasteiger partial charge is 0.0988 e. The minimum Gasteiger partial charge on any atom is -0.0988 e. The van der Waals surface area contributed by atoms with Gasteiger partial charge in [0.15, 0.2) is 0 Å². The van der Waals surface area contributed by atoms with Gasteiger partial charge in [-0.2, -0.15) is 0 Å². The summed E-state index contributed by atoms with van der Waals surface area (Å²) in [5, 5.41) is 0. The molecule has 1 aliphatic rings. The lowest BCUT2D eigenvalue weighted by molar-refractivity contribution is 0.289. The van der Waals surface area contributed by atoms with E-state index >= 15 is 0 Å². The van der Waals surface area contributed by atoms with Crippen LogP contribution in [0.1, 0.15) is 45.4 Å². The Morgan fingerprint density at radius 2 is 1.92 bits per heavy atom. The molecule has 0 aromatic carbocycles. The van der Waals surface area contributed by atoms with E-state index in [4.69, 9.17) is 0 Å². The molecule has 0 spiro atoms. The molecule has 0 nitrogen and oxygen atoms in total. The van der Waals surface area contributed by atoms with Gasteiger partial charge in [0.2, 0.25) is 0 Å². The summed E-state index contributed by atoms with van der Waals surface area (Å²) >= 11 is 0. The summed E-state index contributed by atoms with van der Waals surface area (Å²) in [5.74, 6) is 1.74. The molecule has 0 amide bonds. The minimum absolute atomic E-state index is 0.741. The predicted octanol–water partition coefficient (Wildman–Crippen LogP) is 4.34. The van der Waals surface area contributed by atoms with E-state index in [0.717, 1.165) is 11.8 Å². The number of allylic oxidation sites excluding steroid dienone is 2.